The molecule has 0 aliphatic heterocycles. The zero-order chi connectivity index (χ0) is 11.0. The number of H-pyrrole nitrogens is 1. The molecular formula is C10H10N2O3. The first-order chi connectivity index (χ1) is 7.09. The molecule has 0 bridgehead atoms. The SMILES string of the molecule is Cn1c(=O)[nH]c2cccc(CC(=O)O)c21. The van der Waals surface area contributed by atoms with Gasteiger partial charge in [-0.15, -0.1) is 0 Å². The lowest BCUT2D eigenvalue weighted by Crippen LogP contribution is -2.13. The van der Waals surface area contributed by atoms with E-state index in [1.165, 1.54) is 4.57 Å². The second kappa shape index (κ2) is 3.27. The van der Waals surface area contributed by atoms with Crippen molar-refractivity contribution in [1.29, 1.82) is 0 Å². The predicted molar refractivity (Wildman–Crippen MR) is 54.9 cm³/mol. The molecule has 1 heterocycles. The van der Waals surface area contributed by atoms with Crippen molar-refractivity contribution in [3.05, 3.63) is 34.2 Å². The van der Waals surface area contributed by atoms with E-state index in [1.807, 2.05) is 0 Å². The van der Waals surface area contributed by atoms with E-state index in [-0.39, 0.29) is 12.1 Å². The van der Waals surface area contributed by atoms with Crippen molar-refractivity contribution < 1.29 is 9.90 Å². The van der Waals surface area contributed by atoms with Gasteiger partial charge in [0.1, 0.15) is 0 Å². The Morgan fingerprint density at radius 1 is 1.53 bits per heavy atom. The highest BCUT2D eigenvalue weighted by atomic mass is 16.4. The average Bonchev–Trinajstić information content (AvgIpc) is 2.43. The van der Waals surface area contributed by atoms with Crippen LogP contribution >= 0.6 is 0 Å². The van der Waals surface area contributed by atoms with Crippen LogP contribution in [0.4, 0.5) is 0 Å². The Morgan fingerprint density at radius 3 is 2.93 bits per heavy atom. The number of aliphatic carboxylic acids is 1. The van der Waals surface area contributed by atoms with Crippen LogP contribution in [0.25, 0.3) is 11.0 Å². The predicted octanol–water partition coefficient (Wildman–Crippen LogP) is 0.494. The fraction of sp³-hybridized carbons (Fsp3) is 0.200. The summed E-state index contributed by atoms with van der Waals surface area (Å²) in [6, 6.07) is 5.20. The quantitative estimate of drug-likeness (QED) is 0.751. The van der Waals surface area contributed by atoms with E-state index in [0.717, 1.165) is 0 Å². The number of rotatable bonds is 2. The number of aryl methyl sites for hydroxylation is 1. The van der Waals surface area contributed by atoms with E-state index in [1.54, 1.807) is 25.2 Å². The second-order valence-electron chi connectivity index (χ2n) is 3.37. The number of aromatic nitrogens is 2. The molecule has 0 fully saturated rings. The molecule has 78 valence electrons. The Morgan fingerprint density at radius 2 is 2.27 bits per heavy atom. The van der Waals surface area contributed by atoms with E-state index in [9.17, 15) is 9.59 Å². The Hall–Kier alpha value is -2.04. The number of hydrogen-bond acceptors (Lipinski definition) is 2. The molecule has 0 unspecified atom stereocenters. The van der Waals surface area contributed by atoms with Gasteiger partial charge in [-0.1, -0.05) is 12.1 Å². The number of aromatic amines is 1. The van der Waals surface area contributed by atoms with Gasteiger partial charge in [-0.3, -0.25) is 9.36 Å². The van der Waals surface area contributed by atoms with E-state index in [0.29, 0.717) is 16.6 Å². The summed E-state index contributed by atoms with van der Waals surface area (Å²) in [5.74, 6) is -0.906. The lowest BCUT2D eigenvalue weighted by atomic mass is 10.1. The second-order valence-corrected chi connectivity index (χ2v) is 3.37. The molecular weight excluding hydrogens is 196 g/mol. The molecule has 0 radical (unpaired) electrons. The topological polar surface area (TPSA) is 75.1 Å². The molecule has 0 saturated carbocycles. The summed E-state index contributed by atoms with van der Waals surface area (Å²) in [5, 5.41) is 8.73. The molecule has 15 heavy (non-hydrogen) atoms. The minimum atomic E-state index is -0.906. The Labute approximate surface area is 85.0 Å². The minimum absolute atomic E-state index is 0.0809. The van der Waals surface area contributed by atoms with Crippen LogP contribution < -0.4 is 5.69 Å². The van der Waals surface area contributed by atoms with E-state index in [4.69, 9.17) is 5.11 Å². The Kier molecular flexibility index (Phi) is 2.07. The van der Waals surface area contributed by atoms with E-state index < -0.39 is 5.97 Å². The first-order valence-corrected chi connectivity index (χ1v) is 4.48. The summed E-state index contributed by atoms with van der Waals surface area (Å²) < 4.78 is 1.42. The summed E-state index contributed by atoms with van der Waals surface area (Å²) in [7, 11) is 1.62. The number of carboxylic acids is 1. The number of hydrogen-bond donors (Lipinski definition) is 2. The van der Waals surface area contributed by atoms with Crippen molar-refractivity contribution in [2.24, 2.45) is 7.05 Å². The molecule has 0 amide bonds. The third-order valence-electron chi connectivity index (χ3n) is 2.34. The van der Waals surface area contributed by atoms with Crippen molar-refractivity contribution in [3.8, 4) is 0 Å². The lowest BCUT2D eigenvalue weighted by Gasteiger charge is -2.01. The number of carboxylic acid groups (broad SMARTS) is 1. The molecule has 1 aromatic carbocycles. The standard InChI is InChI=1S/C10H10N2O3/c1-12-9-6(5-8(13)14)3-2-4-7(9)11-10(12)15/h2-4H,5H2,1H3,(H,11,15)(H,13,14). The maximum absolute atomic E-state index is 11.3. The molecule has 0 aliphatic carbocycles. The third kappa shape index (κ3) is 1.52. The number of imidazole rings is 1. The molecule has 5 heteroatoms. The normalized spacial score (nSPS) is 10.7. The first kappa shape index (κ1) is 9.51. The highest BCUT2D eigenvalue weighted by Crippen LogP contribution is 2.15. The monoisotopic (exact) mass is 206 g/mol. The third-order valence-corrected chi connectivity index (χ3v) is 2.34. The van der Waals surface area contributed by atoms with Gasteiger partial charge in [0.15, 0.2) is 0 Å². The van der Waals surface area contributed by atoms with Crippen molar-refractivity contribution in [2.75, 3.05) is 0 Å². The summed E-state index contributed by atoms with van der Waals surface area (Å²) >= 11 is 0. The van der Waals surface area contributed by atoms with Gasteiger partial charge in [-0.2, -0.15) is 0 Å². The van der Waals surface area contributed by atoms with Gasteiger partial charge in [-0.25, -0.2) is 4.79 Å². The highest BCUT2D eigenvalue weighted by molar-refractivity contribution is 5.83. The molecule has 1 aromatic heterocycles. The number of para-hydroxylation sites is 1. The largest absolute Gasteiger partial charge is 0.481 e. The molecule has 2 rings (SSSR count). The highest BCUT2D eigenvalue weighted by Gasteiger charge is 2.10. The smallest absolute Gasteiger partial charge is 0.326 e. The number of fused-ring (bicyclic) bond motifs is 1. The Balaban J connectivity index is 2.74. The van der Waals surface area contributed by atoms with Gasteiger partial charge < -0.3 is 10.1 Å². The van der Waals surface area contributed by atoms with Crippen LogP contribution in [0.2, 0.25) is 0 Å². The van der Waals surface area contributed by atoms with Crippen molar-refractivity contribution in [3.63, 3.8) is 0 Å². The van der Waals surface area contributed by atoms with Gasteiger partial charge in [0.05, 0.1) is 17.5 Å². The molecule has 5 nitrogen and oxygen atoms in total. The van der Waals surface area contributed by atoms with E-state index in [2.05, 4.69) is 4.98 Å². The summed E-state index contributed by atoms with van der Waals surface area (Å²) in [5.41, 5.74) is 1.73. The van der Waals surface area contributed by atoms with Gasteiger partial charge >= 0.3 is 11.7 Å². The first-order valence-electron chi connectivity index (χ1n) is 4.48. The summed E-state index contributed by atoms with van der Waals surface area (Å²) in [6.45, 7) is 0. The molecule has 0 atom stereocenters. The fourth-order valence-electron chi connectivity index (χ4n) is 1.69. The minimum Gasteiger partial charge on any atom is -0.481 e. The van der Waals surface area contributed by atoms with Gasteiger partial charge in [0, 0.05) is 7.05 Å². The van der Waals surface area contributed by atoms with Crippen LogP contribution in [0.15, 0.2) is 23.0 Å². The molecule has 0 aliphatic rings. The zero-order valence-corrected chi connectivity index (χ0v) is 8.15. The van der Waals surface area contributed by atoms with E-state index >= 15 is 0 Å². The van der Waals surface area contributed by atoms with Crippen LogP contribution in [-0.4, -0.2) is 20.6 Å². The molecule has 2 N–H and O–H groups in total. The average molecular weight is 206 g/mol. The molecule has 0 spiro atoms. The van der Waals surface area contributed by atoms with Crippen LogP contribution in [-0.2, 0) is 18.3 Å². The van der Waals surface area contributed by atoms with Crippen LogP contribution in [0.1, 0.15) is 5.56 Å². The van der Waals surface area contributed by atoms with Gasteiger partial charge in [0.2, 0.25) is 0 Å². The van der Waals surface area contributed by atoms with Crippen molar-refractivity contribution >= 4 is 17.0 Å². The number of nitrogens with one attached hydrogen (secondary N) is 1. The fourth-order valence-corrected chi connectivity index (χ4v) is 1.69. The number of carbonyl (C=O) groups is 1. The zero-order valence-electron chi connectivity index (χ0n) is 8.15. The summed E-state index contributed by atoms with van der Waals surface area (Å²) in [4.78, 5) is 24.6. The maximum atomic E-state index is 11.3. The van der Waals surface area contributed by atoms with Gasteiger partial charge in [0.25, 0.3) is 0 Å². The van der Waals surface area contributed by atoms with Crippen molar-refractivity contribution in [2.45, 2.75) is 6.42 Å². The maximum Gasteiger partial charge on any atom is 0.326 e. The molecule has 2 aromatic rings. The van der Waals surface area contributed by atoms with Gasteiger partial charge in [-0.05, 0) is 11.6 Å². The van der Waals surface area contributed by atoms with Crippen LogP contribution in [0.3, 0.4) is 0 Å². The van der Waals surface area contributed by atoms with Crippen LogP contribution in [0.5, 0.6) is 0 Å². The number of nitrogens with zero attached hydrogens (tertiary/aromatic N) is 1. The van der Waals surface area contributed by atoms with Crippen LogP contribution in [0, 0.1) is 0 Å². The lowest BCUT2D eigenvalue weighted by molar-refractivity contribution is -0.136. The molecule has 0 saturated heterocycles. The van der Waals surface area contributed by atoms with Crippen molar-refractivity contribution in [1.82, 2.24) is 9.55 Å². The summed E-state index contributed by atoms with van der Waals surface area (Å²) in [6.07, 6.45) is -0.0809. The Bertz CT molecular complexity index is 580. The number of benzene rings is 1.